The van der Waals surface area contributed by atoms with Crippen molar-refractivity contribution in [3.05, 3.63) is 33.7 Å². The number of nitrogens with one attached hydrogen (secondary N) is 2. The number of hydrogen-bond acceptors (Lipinski definition) is 4. The van der Waals surface area contributed by atoms with Crippen LogP contribution in [0.3, 0.4) is 0 Å². The van der Waals surface area contributed by atoms with Crippen LogP contribution in [0.4, 0.5) is 0 Å². The summed E-state index contributed by atoms with van der Waals surface area (Å²) >= 11 is 0. The van der Waals surface area contributed by atoms with Crippen LogP contribution in [-0.4, -0.2) is 33.9 Å². The van der Waals surface area contributed by atoms with Gasteiger partial charge in [0.25, 0.3) is 11.5 Å². The number of rotatable bonds is 6. The van der Waals surface area contributed by atoms with Crippen LogP contribution in [0.1, 0.15) is 28.9 Å². The number of H-pyrrole nitrogens is 1. The fraction of sp³-hybridized carbons (Fsp3) is 0.333. The van der Waals surface area contributed by atoms with E-state index in [0.29, 0.717) is 5.69 Å². The second-order valence-corrected chi connectivity index (χ2v) is 4.25. The zero-order chi connectivity index (χ0) is 15.3. The van der Waals surface area contributed by atoms with Gasteiger partial charge < -0.3 is 21.1 Å². The van der Waals surface area contributed by atoms with Crippen molar-refractivity contribution in [3.63, 3.8) is 0 Å². The maximum Gasteiger partial charge on any atom is 0.326 e. The number of aryl methyl sites for hydroxylation is 1. The molecule has 5 N–H and O–H groups in total. The maximum atomic E-state index is 11.8. The van der Waals surface area contributed by atoms with Crippen molar-refractivity contribution in [2.45, 2.75) is 25.8 Å². The monoisotopic (exact) mass is 281 g/mol. The molecule has 0 spiro atoms. The number of primary amides is 1. The van der Waals surface area contributed by atoms with Crippen LogP contribution in [0.5, 0.6) is 0 Å². The molecule has 1 rings (SSSR count). The van der Waals surface area contributed by atoms with Gasteiger partial charge in [-0.25, -0.2) is 4.79 Å². The summed E-state index contributed by atoms with van der Waals surface area (Å²) in [5.41, 5.74) is 4.70. The van der Waals surface area contributed by atoms with Gasteiger partial charge in [-0.1, -0.05) is 0 Å². The molecule has 1 heterocycles. The van der Waals surface area contributed by atoms with E-state index in [0.717, 1.165) is 0 Å². The van der Waals surface area contributed by atoms with Crippen molar-refractivity contribution < 1.29 is 19.5 Å². The first-order chi connectivity index (χ1) is 9.31. The van der Waals surface area contributed by atoms with Crippen molar-refractivity contribution in [2.75, 3.05) is 0 Å². The van der Waals surface area contributed by atoms with Gasteiger partial charge in [-0.05, 0) is 25.5 Å². The van der Waals surface area contributed by atoms with Crippen LogP contribution >= 0.6 is 0 Å². The summed E-state index contributed by atoms with van der Waals surface area (Å²) in [7, 11) is 0. The molecule has 108 valence electrons. The molecule has 1 atom stereocenters. The SMILES string of the molecule is Cc1ccc(C(=O)N[C@@H](CCC(N)=O)C(=O)O)c(=O)[nH]1. The molecule has 0 aliphatic carbocycles. The van der Waals surface area contributed by atoms with E-state index in [1.165, 1.54) is 12.1 Å². The van der Waals surface area contributed by atoms with Crippen molar-refractivity contribution in [1.82, 2.24) is 10.3 Å². The molecule has 0 aromatic carbocycles. The molecule has 0 unspecified atom stereocenters. The third-order valence-corrected chi connectivity index (χ3v) is 2.58. The highest BCUT2D eigenvalue weighted by atomic mass is 16.4. The fourth-order valence-electron chi connectivity index (χ4n) is 1.53. The Morgan fingerprint density at radius 1 is 1.40 bits per heavy atom. The topological polar surface area (TPSA) is 142 Å². The van der Waals surface area contributed by atoms with Crippen LogP contribution < -0.4 is 16.6 Å². The summed E-state index contributed by atoms with van der Waals surface area (Å²) in [4.78, 5) is 47.4. The van der Waals surface area contributed by atoms with E-state index in [9.17, 15) is 19.2 Å². The number of hydrogen-bond donors (Lipinski definition) is 4. The largest absolute Gasteiger partial charge is 0.480 e. The number of carboxylic acid groups (broad SMARTS) is 1. The van der Waals surface area contributed by atoms with Crippen LogP contribution in [0.25, 0.3) is 0 Å². The molecule has 0 radical (unpaired) electrons. The van der Waals surface area contributed by atoms with Gasteiger partial charge in [0.2, 0.25) is 5.91 Å². The van der Waals surface area contributed by atoms with Crippen molar-refractivity contribution in [3.8, 4) is 0 Å². The molecule has 8 heteroatoms. The fourth-order valence-corrected chi connectivity index (χ4v) is 1.53. The molecular weight excluding hydrogens is 266 g/mol. The first-order valence-electron chi connectivity index (χ1n) is 5.83. The Hall–Kier alpha value is -2.64. The number of nitrogens with two attached hydrogens (primary N) is 1. The Bertz CT molecular complexity index is 593. The van der Waals surface area contributed by atoms with Crippen LogP contribution in [0.15, 0.2) is 16.9 Å². The second kappa shape index (κ2) is 6.50. The van der Waals surface area contributed by atoms with E-state index in [2.05, 4.69) is 10.3 Å². The minimum atomic E-state index is -1.30. The summed E-state index contributed by atoms with van der Waals surface area (Å²) in [6.45, 7) is 1.65. The molecule has 0 fully saturated rings. The van der Waals surface area contributed by atoms with Crippen molar-refractivity contribution in [2.24, 2.45) is 5.73 Å². The van der Waals surface area contributed by atoms with Crippen LogP contribution in [0, 0.1) is 6.92 Å². The number of carbonyl (C=O) groups is 3. The normalized spacial score (nSPS) is 11.7. The highest BCUT2D eigenvalue weighted by molar-refractivity contribution is 5.96. The minimum absolute atomic E-state index is 0.139. The quantitative estimate of drug-likeness (QED) is 0.536. The highest BCUT2D eigenvalue weighted by Gasteiger charge is 2.22. The zero-order valence-corrected chi connectivity index (χ0v) is 10.8. The molecule has 0 saturated carbocycles. The number of carboxylic acids is 1. The van der Waals surface area contributed by atoms with E-state index < -0.39 is 29.4 Å². The number of aromatic amines is 1. The van der Waals surface area contributed by atoms with Gasteiger partial charge in [-0.2, -0.15) is 0 Å². The lowest BCUT2D eigenvalue weighted by Gasteiger charge is -2.13. The summed E-state index contributed by atoms with van der Waals surface area (Å²) in [6, 6.07) is 1.54. The number of amides is 2. The molecule has 0 bridgehead atoms. The van der Waals surface area contributed by atoms with E-state index in [1.54, 1.807) is 6.92 Å². The molecule has 8 nitrogen and oxygen atoms in total. The lowest BCUT2D eigenvalue weighted by atomic mass is 10.1. The Morgan fingerprint density at radius 2 is 2.05 bits per heavy atom. The number of aliphatic carboxylic acids is 1. The first-order valence-corrected chi connectivity index (χ1v) is 5.83. The minimum Gasteiger partial charge on any atom is -0.480 e. The van der Waals surface area contributed by atoms with E-state index in [-0.39, 0.29) is 18.4 Å². The summed E-state index contributed by atoms with van der Waals surface area (Å²) in [6.07, 6.45) is -0.318. The lowest BCUT2D eigenvalue weighted by molar-refractivity contribution is -0.139. The number of pyridine rings is 1. The summed E-state index contributed by atoms with van der Waals surface area (Å²) < 4.78 is 0. The van der Waals surface area contributed by atoms with Crippen molar-refractivity contribution in [1.29, 1.82) is 0 Å². The van der Waals surface area contributed by atoms with E-state index in [4.69, 9.17) is 10.8 Å². The Labute approximate surface area is 114 Å². The van der Waals surface area contributed by atoms with Gasteiger partial charge in [0.1, 0.15) is 11.6 Å². The van der Waals surface area contributed by atoms with Gasteiger partial charge in [-0.15, -0.1) is 0 Å². The summed E-state index contributed by atoms with van der Waals surface area (Å²) in [5, 5.41) is 11.1. The van der Waals surface area contributed by atoms with Gasteiger partial charge in [0, 0.05) is 12.1 Å². The van der Waals surface area contributed by atoms with Gasteiger partial charge in [-0.3, -0.25) is 14.4 Å². The Kier molecular flexibility index (Phi) is 5.01. The van der Waals surface area contributed by atoms with E-state index in [1.807, 2.05) is 0 Å². The molecule has 0 saturated heterocycles. The molecule has 2 amide bonds. The third kappa shape index (κ3) is 4.23. The van der Waals surface area contributed by atoms with Crippen LogP contribution in [-0.2, 0) is 9.59 Å². The predicted octanol–water partition coefficient (Wildman–Crippen LogP) is -0.868. The van der Waals surface area contributed by atoms with Crippen molar-refractivity contribution >= 4 is 17.8 Å². The van der Waals surface area contributed by atoms with Gasteiger partial charge >= 0.3 is 5.97 Å². The smallest absolute Gasteiger partial charge is 0.326 e. The van der Waals surface area contributed by atoms with Crippen LogP contribution in [0.2, 0.25) is 0 Å². The average molecular weight is 281 g/mol. The molecule has 0 aliphatic heterocycles. The summed E-state index contributed by atoms with van der Waals surface area (Å²) in [5.74, 6) is -2.79. The van der Waals surface area contributed by atoms with E-state index >= 15 is 0 Å². The number of carbonyl (C=O) groups excluding carboxylic acids is 2. The predicted molar refractivity (Wildman–Crippen MR) is 69.1 cm³/mol. The maximum absolute atomic E-state index is 11.8. The van der Waals surface area contributed by atoms with Gasteiger partial charge in [0.15, 0.2) is 0 Å². The second-order valence-electron chi connectivity index (χ2n) is 4.25. The standard InChI is InChI=1S/C12H15N3O5/c1-6-2-3-7(10(17)14-6)11(18)15-8(12(19)20)4-5-9(13)16/h2-3,8H,4-5H2,1H3,(H2,13,16)(H,14,17)(H,15,18)(H,19,20)/t8-/m0/s1. The third-order valence-electron chi connectivity index (χ3n) is 2.58. The molecule has 1 aromatic rings. The molecule has 1 aromatic heterocycles. The molecule has 0 aliphatic rings. The lowest BCUT2D eigenvalue weighted by Crippen LogP contribution is -2.43. The van der Waals surface area contributed by atoms with Gasteiger partial charge in [0.05, 0.1) is 0 Å². The molecular formula is C12H15N3O5. The highest BCUT2D eigenvalue weighted by Crippen LogP contribution is 2.00. The number of aromatic nitrogens is 1. The molecule has 20 heavy (non-hydrogen) atoms. The Morgan fingerprint density at radius 3 is 2.55 bits per heavy atom. The zero-order valence-electron chi connectivity index (χ0n) is 10.8. The average Bonchev–Trinajstić information content (AvgIpc) is 2.33. The first kappa shape index (κ1) is 15.4. The Balaban J connectivity index is 2.82.